The monoisotopic (exact) mass is 319 g/mol. The maximum atomic E-state index is 12.6. The molecule has 0 saturated carbocycles. The van der Waals surface area contributed by atoms with Crippen LogP contribution in [0.25, 0.3) is 10.8 Å². The molecule has 4 rings (SSSR count). The van der Waals surface area contributed by atoms with Gasteiger partial charge in [-0.15, -0.1) is 0 Å². The average molecular weight is 319 g/mol. The normalized spacial score (nSPS) is 12.8. The lowest BCUT2D eigenvalue weighted by Crippen LogP contribution is -2.23. The van der Waals surface area contributed by atoms with Crippen molar-refractivity contribution >= 4 is 16.7 Å². The maximum absolute atomic E-state index is 12.6. The minimum absolute atomic E-state index is 0.0818. The fourth-order valence-electron chi connectivity index (χ4n) is 2.90. The van der Waals surface area contributed by atoms with E-state index < -0.39 is 0 Å². The summed E-state index contributed by atoms with van der Waals surface area (Å²) in [5, 5.41) is 5.00. The third-order valence-electron chi connectivity index (χ3n) is 4.09. The Morgan fingerprint density at radius 1 is 0.917 bits per heavy atom. The van der Waals surface area contributed by atoms with Gasteiger partial charge >= 0.3 is 0 Å². The van der Waals surface area contributed by atoms with Crippen LogP contribution in [-0.2, 0) is 6.54 Å². The van der Waals surface area contributed by atoms with Gasteiger partial charge in [-0.05, 0) is 34.5 Å². The van der Waals surface area contributed by atoms with E-state index in [1.807, 2.05) is 60.7 Å². The van der Waals surface area contributed by atoms with Gasteiger partial charge in [-0.1, -0.05) is 42.5 Å². The Hall–Kier alpha value is -3.01. The highest BCUT2D eigenvalue weighted by Crippen LogP contribution is 2.30. The highest BCUT2D eigenvalue weighted by Gasteiger charge is 2.13. The molecule has 0 radical (unpaired) electrons. The topological polar surface area (TPSA) is 47.6 Å². The fraction of sp³-hybridized carbons (Fsp3) is 0.150. The fourth-order valence-corrected chi connectivity index (χ4v) is 2.90. The lowest BCUT2D eigenvalue weighted by molar-refractivity contribution is 0.0952. The summed E-state index contributed by atoms with van der Waals surface area (Å²) in [6, 6.07) is 19.4. The Morgan fingerprint density at radius 2 is 1.71 bits per heavy atom. The van der Waals surface area contributed by atoms with Gasteiger partial charge in [0.25, 0.3) is 5.91 Å². The van der Waals surface area contributed by atoms with Crippen molar-refractivity contribution in [3.63, 3.8) is 0 Å². The lowest BCUT2D eigenvalue weighted by atomic mass is 10.0. The van der Waals surface area contributed by atoms with Gasteiger partial charge in [-0.3, -0.25) is 4.79 Å². The number of carbonyl (C=O) groups is 1. The Morgan fingerprint density at radius 3 is 2.62 bits per heavy atom. The molecule has 0 spiro atoms. The SMILES string of the molecule is O=C(NCc1ccc2c(c1)OCCO2)c1cccc2ccccc12. The molecule has 0 unspecified atom stereocenters. The highest BCUT2D eigenvalue weighted by molar-refractivity contribution is 6.06. The predicted molar refractivity (Wildman–Crippen MR) is 92.6 cm³/mol. The molecular weight excluding hydrogens is 302 g/mol. The van der Waals surface area contributed by atoms with Crippen molar-refractivity contribution < 1.29 is 14.3 Å². The molecule has 120 valence electrons. The smallest absolute Gasteiger partial charge is 0.252 e. The highest BCUT2D eigenvalue weighted by atomic mass is 16.6. The second-order valence-corrected chi connectivity index (χ2v) is 5.69. The molecule has 0 saturated heterocycles. The molecule has 0 fully saturated rings. The number of benzene rings is 3. The van der Waals surface area contributed by atoms with Crippen molar-refractivity contribution in [2.75, 3.05) is 13.2 Å². The van der Waals surface area contributed by atoms with Crippen LogP contribution in [-0.4, -0.2) is 19.1 Å². The molecule has 24 heavy (non-hydrogen) atoms. The predicted octanol–water partition coefficient (Wildman–Crippen LogP) is 3.54. The molecule has 0 atom stereocenters. The van der Waals surface area contributed by atoms with Crippen molar-refractivity contribution in [2.45, 2.75) is 6.54 Å². The van der Waals surface area contributed by atoms with E-state index in [4.69, 9.17) is 9.47 Å². The van der Waals surface area contributed by atoms with Gasteiger partial charge < -0.3 is 14.8 Å². The van der Waals surface area contributed by atoms with Gasteiger partial charge in [0.1, 0.15) is 13.2 Å². The van der Waals surface area contributed by atoms with Crippen LogP contribution in [0.2, 0.25) is 0 Å². The van der Waals surface area contributed by atoms with Gasteiger partial charge in [0.15, 0.2) is 11.5 Å². The quantitative estimate of drug-likeness (QED) is 0.803. The molecule has 3 aromatic carbocycles. The van der Waals surface area contributed by atoms with Crippen LogP contribution >= 0.6 is 0 Å². The van der Waals surface area contributed by atoms with Gasteiger partial charge in [-0.2, -0.15) is 0 Å². The minimum atomic E-state index is -0.0818. The molecule has 1 aliphatic heterocycles. The first-order valence-electron chi connectivity index (χ1n) is 7.96. The van der Waals surface area contributed by atoms with Crippen LogP contribution < -0.4 is 14.8 Å². The minimum Gasteiger partial charge on any atom is -0.486 e. The summed E-state index contributed by atoms with van der Waals surface area (Å²) in [6.07, 6.45) is 0. The van der Waals surface area contributed by atoms with E-state index in [0.717, 1.165) is 27.8 Å². The molecule has 0 aliphatic carbocycles. The van der Waals surface area contributed by atoms with E-state index in [2.05, 4.69) is 5.32 Å². The van der Waals surface area contributed by atoms with Gasteiger partial charge in [-0.25, -0.2) is 0 Å². The van der Waals surface area contributed by atoms with E-state index in [1.54, 1.807) is 0 Å². The molecule has 1 amide bonds. The molecule has 1 N–H and O–H groups in total. The third kappa shape index (κ3) is 2.78. The molecule has 3 aromatic rings. The molecule has 1 heterocycles. The van der Waals surface area contributed by atoms with E-state index in [9.17, 15) is 4.79 Å². The van der Waals surface area contributed by atoms with Crippen LogP contribution in [0.5, 0.6) is 11.5 Å². The Labute approximate surface area is 140 Å². The summed E-state index contributed by atoms with van der Waals surface area (Å²) in [6.45, 7) is 1.57. The summed E-state index contributed by atoms with van der Waals surface area (Å²) in [7, 11) is 0. The Bertz CT molecular complexity index is 899. The Balaban J connectivity index is 1.52. The summed E-state index contributed by atoms with van der Waals surface area (Å²) in [5.74, 6) is 1.41. The van der Waals surface area contributed by atoms with E-state index in [1.165, 1.54) is 0 Å². The van der Waals surface area contributed by atoms with Crippen molar-refractivity contribution in [3.8, 4) is 11.5 Å². The summed E-state index contributed by atoms with van der Waals surface area (Å²) < 4.78 is 11.1. The van der Waals surface area contributed by atoms with Crippen molar-refractivity contribution in [1.82, 2.24) is 5.32 Å². The third-order valence-corrected chi connectivity index (χ3v) is 4.09. The molecule has 1 aliphatic rings. The van der Waals surface area contributed by atoms with Crippen LogP contribution in [0.4, 0.5) is 0 Å². The average Bonchev–Trinajstić information content (AvgIpc) is 2.65. The molecule has 4 heteroatoms. The summed E-state index contributed by atoms with van der Waals surface area (Å²) >= 11 is 0. The first-order valence-corrected chi connectivity index (χ1v) is 7.96. The maximum Gasteiger partial charge on any atom is 0.252 e. The summed E-state index contributed by atoms with van der Waals surface area (Å²) in [4.78, 5) is 12.6. The number of carbonyl (C=O) groups excluding carboxylic acids is 1. The second-order valence-electron chi connectivity index (χ2n) is 5.69. The van der Waals surface area contributed by atoms with Crippen molar-refractivity contribution in [3.05, 3.63) is 71.8 Å². The van der Waals surface area contributed by atoms with Crippen LogP contribution in [0.1, 0.15) is 15.9 Å². The number of hydrogen-bond donors (Lipinski definition) is 1. The molecular formula is C20H17NO3. The van der Waals surface area contributed by atoms with E-state index >= 15 is 0 Å². The second kappa shape index (κ2) is 6.24. The zero-order valence-electron chi connectivity index (χ0n) is 13.1. The van der Waals surface area contributed by atoms with Crippen molar-refractivity contribution in [2.24, 2.45) is 0 Å². The number of rotatable bonds is 3. The van der Waals surface area contributed by atoms with Gasteiger partial charge in [0, 0.05) is 12.1 Å². The molecule has 0 bridgehead atoms. The largest absolute Gasteiger partial charge is 0.486 e. The zero-order valence-corrected chi connectivity index (χ0v) is 13.1. The van der Waals surface area contributed by atoms with Crippen LogP contribution in [0.15, 0.2) is 60.7 Å². The number of fused-ring (bicyclic) bond motifs is 2. The van der Waals surface area contributed by atoms with E-state index in [0.29, 0.717) is 25.3 Å². The zero-order chi connectivity index (χ0) is 16.4. The van der Waals surface area contributed by atoms with Gasteiger partial charge in [0.2, 0.25) is 0 Å². The lowest BCUT2D eigenvalue weighted by Gasteiger charge is -2.19. The van der Waals surface area contributed by atoms with Crippen LogP contribution in [0, 0.1) is 0 Å². The number of nitrogens with one attached hydrogen (secondary N) is 1. The first-order chi connectivity index (χ1) is 11.8. The Kier molecular flexibility index (Phi) is 3.79. The number of hydrogen-bond acceptors (Lipinski definition) is 3. The van der Waals surface area contributed by atoms with Crippen molar-refractivity contribution in [1.29, 1.82) is 0 Å². The molecule has 4 nitrogen and oxygen atoms in total. The first kappa shape index (κ1) is 14.6. The number of amides is 1. The summed E-state index contributed by atoms with van der Waals surface area (Å²) in [5.41, 5.74) is 1.67. The van der Waals surface area contributed by atoms with Gasteiger partial charge in [0.05, 0.1) is 0 Å². The molecule has 0 aromatic heterocycles. The standard InChI is InChI=1S/C20H17NO3/c22-20(17-7-3-5-15-4-1-2-6-16(15)17)21-13-14-8-9-18-19(12-14)24-11-10-23-18/h1-9,12H,10-11,13H2,(H,21,22). The van der Waals surface area contributed by atoms with E-state index in [-0.39, 0.29) is 5.91 Å². The van der Waals surface area contributed by atoms with Crippen LogP contribution in [0.3, 0.4) is 0 Å². The number of ether oxygens (including phenoxy) is 2.